The fourth-order valence-corrected chi connectivity index (χ4v) is 7.63. The van der Waals surface area contributed by atoms with Crippen LogP contribution in [0.5, 0.6) is 0 Å². The molecule has 0 saturated heterocycles. The summed E-state index contributed by atoms with van der Waals surface area (Å²) < 4.78 is 16.8. The van der Waals surface area contributed by atoms with E-state index in [0.717, 1.165) is 161 Å². The van der Waals surface area contributed by atoms with Crippen molar-refractivity contribution in [2.24, 2.45) is 0 Å². The highest BCUT2D eigenvalue weighted by Crippen LogP contribution is 2.14. The highest BCUT2D eigenvalue weighted by Gasteiger charge is 2.19. The zero-order valence-corrected chi connectivity index (χ0v) is 48.0. The van der Waals surface area contributed by atoms with Crippen molar-refractivity contribution in [3.63, 3.8) is 0 Å². The lowest BCUT2D eigenvalue weighted by molar-refractivity contribution is -0.167. The molecule has 0 bridgehead atoms. The van der Waals surface area contributed by atoms with Gasteiger partial charge in [0.1, 0.15) is 13.2 Å². The molecule has 0 aliphatic carbocycles. The third-order valence-electron chi connectivity index (χ3n) is 12.0. The number of unbranched alkanes of at least 4 members (excludes halogenated alkanes) is 15. The van der Waals surface area contributed by atoms with Gasteiger partial charge in [0.05, 0.1) is 0 Å². The second-order valence-electron chi connectivity index (χ2n) is 19.1. The first kappa shape index (κ1) is 70.0. The largest absolute Gasteiger partial charge is 0.462 e. The molecule has 0 aliphatic rings. The monoisotopic (exact) mass is 1030 g/mol. The summed E-state index contributed by atoms with van der Waals surface area (Å²) in [7, 11) is 0. The lowest BCUT2D eigenvalue weighted by atomic mass is 10.1. The van der Waals surface area contributed by atoms with Gasteiger partial charge in [-0.1, -0.05) is 237 Å². The number of ether oxygens (including phenoxy) is 3. The average Bonchev–Trinajstić information content (AvgIpc) is 3.41. The van der Waals surface area contributed by atoms with Gasteiger partial charge in [-0.25, -0.2) is 0 Å². The Kier molecular flexibility index (Phi) is 57.5. The fourth-order valence-electron chi connectivity index (χ4n) is 7.63. The molecular formula is C69H108O6. The van der Waals surface area contributed by atoms with E-state index in [1.54, 1.807) is 0 Å². The SMILES string of the molecule is CC/C=C\C/C=C\C/C=C\C/C=C\C/C=C\C/C=C\CCCCCCCCC(=O)OCC(COC(=O)CCCC/C=C\C/C=C\C/C=C\C/C=C\CC)OC(=O)CCCCCCCCC/C=C\C/C=C\C/C=C\CC. The highest BCUT2D eigenvalue weighted by molar-refractivity contribution is 5.71. The van der Waals surface area contributed by atoms with Gasteiger partial charge < -0.3 is 14.2 Å². The number of hydrogen-bond donors (Lipinski definition) is 0. The van der Waals surface area contributed by atoms with Gasteiger partial charge in [-0.2, -0.15) is 0 Å². The van der Waals surface area contributed by atoms with Gasteiger partial charge in [-0.3, -0.25) is 14.4 Å². The Labute approximate surface area is 460 Å². The smallest absolute Gasteiger partial charge is 0.306 e. The molecule has 75 heavy (non-hydrogen) atoms. The third-order valence-corrected chi connectivity index (χ3v) is 12.0. The number of hydrogen-bond acceptors (Lipinski definition) is 6. The maximum Gasteiger partial charge on any atom is 0.306 e. The van der Waals surface area contributed by atoms with E-state index in [0.29, 0.717) is 25.7 Å². The van der Waals surface area contributed by atoms with E-state index in [1.165, 1.54) is 32.1 Å². The van der Waals surface area contributed by atoms with E-state index in [2.05, 4.69) is 179 Å². The standard InChI is InChI=1S/C69H108O6/c1-4-7-10-13-16-19-22-25-28-30-31-32-33-34-35-36-37-39-41-44-47-50-53-56-59-62-68(71)74-65-66(64-73-67(70)61-58-55-52-49-46-43-40-27-24-21-18-15-12-9-6-3)75-69(72)63-60-57-54-51-48-45-42-38-29-26-23-20-17-14-11-8-5-2/h7-12,16-21,25-29,31-32,34-35,37,39-40,46,49,66H,4-6,13-15,22-24,30,33,36,38,41-45,47-48,50-65H2,1-3H3/b10-7-,11-8-,12-9-,19-16-,20-17-,21-18-,28-25-,29-26-,32-31-,35-34-,39-37-,40-27-,49-46-. The molecule has 0 aromatic rings. The Morgan fingerprint density at radius 1 is 0.267 bits per heavy atom. The lowest BCUT2D eigenvalue weighted by Gasteiger charge is -2.18. The van der Waals surface area contributed by atoms with Crippen LogP contribution >= 0.6 is 0 Å². The van der Waals surface area contributed by atoms with Crippen LogP contribution in [0.2, 0.25) is 0 Å². The third kappa shape index (κ3) is 59.8. The van der Waals surface area contributed by atoms with Crippen LogP contribution in [0.4, 0.5) is 0 Å². The Hall–Kier alpha value is -4.97. The second kappa shape index (κ2) is 61.6. The summed E-state index contributed by atoms with van der Waals surface area (Å²) in [4.78, 5) is 38.2. The number of carbonyl (C=O) groups excluding carboxylic acids is 3. The first-order valence-corrected chi connectivity index (χ1v) is 30.0. The number of carbonyl (C=O) groups is 3. The molecule has 0 N–H and O–H groups in total. The minimum absolute atomic E-state index is 0.110. The fraction of sp³-hybridized carbons (Fsp3) is 0.580. The second-order valence-corrected chi connectivity index (χ2v) is 19.1. The predicted octanol–water partition coefficient (Wildman–Crippen LogP) is 20.5. The molecule has 0 rings (SSSR count). The number of rotatable bonds is 52. The molecule has 420 valence electrons. The predicted molar refractivity (Wildman–Crippen MR) is 325 cm³/mol. The van der Waals surface area contributed by atoms with Gasteiger partial charge in [-0.05, 0) is 141 Å². The summed E-state index contributed by atoms with van der Waals surface area (Å²) in [5.41, 5.74) is 0. The Bertz CT molecular complexity index is 1710. The minimum atomic E-state index is -0.816. The summed E-state index contributed by atoms with van der Waals surface area (Å²) in [5, 5.41) is 0. The van der Waals surface area contributed by atoms with E-state index < -0.39 is 6.10 Å². The van der Waals surface area contributed by atoms with Crippen LogP contribution in [-0.4, -0.2) is 37.2 Å². The molecule has 0 aliphatic heterocycles. The molecule has 0 aromatic heterocycles. The zero-order valence-electron chi connectivity index (χ0n) is 48.0. The van der Waals surface area contributed by atoms with Crippen LogP contribution in [0.25, 0.3) is 0 Å². The summed E-state index contributed by atoms with van der Waals surface area (Å²) in [5.74, 6) is -0.982. The van der Waals surface area contributed by atoms with Gasteiger partial charge in [0, 0.05) is 19.3 Å². The summed E-state index contributed by atoms with van der Waals surface area (Å²) in [6, 6.07) is 0. The Morgan fingerprint density at radius 3 is 0.773 bits per heavy atom. The van der Waals surface area contributed by atoms with E-state index in [9.17, 15) is 14.4 Å². The molecule has 1 atom stereocenters. The van der Waals surface area contributed by atoms with Crippen LogP contribution < -0.4 is 0 Å². The molecule has 6 nitrogen and oxygen atoms in total. The Balaban J connectivity index is 4.48. The van der Waals surface area contributed by atoms with Gasteiger partial charge in [-0.15, -0.1) is 0 Å². The molecule has 0 radical (unpaired) electrons. The Morgan fingerprint density at radius 2 is 0.480 bits per heavy atom. The quantitative estimate of drug-likeness (QED) is 0.0261. The molecule has 1 unspecified atom stereocenters. The van der Waals surface area contributed by atoms with Crippen LogP contribution in [0.15, 0.2) is 158 Å². The van der Waals surface area contributed by atoms with Crippen LogP contribution in [0.1, 0.15) is 239 Å². The molecule has 0 heterocycles. The van der Waals surface area contributed by atoms with Gasteiger partial charge in [0.2, 0.25) is 0 Å². The normalized spacial score (nSPS) is 13.3. The maximum absolute atomic E-state index is 12.9. The highest BCUT2D eigenvalue weighted by atomic mass is 16.6. The van der Waals surface area contributed by atoms with Gasteiger partial charge in [0.25, 0.3) is 0 Å². The molecule has 0 fully saturated rings. The molecule has 0 aromatic carbocycles. The molecule has 0 amide bonds. The van der Waals surface area contributed by atoms with Crippen molar-refractivity contribution in [1.29, 1.82) is 0 Å². The average molecular weight is 1030 g/mol. The van der Waals surface area contributed by atoms with Crippen LogP contribution in [-0.2, 0) is 28.6 Å². The molecule has 0 spiro atoms. The summed E-state index contributed by atoms with van der Waals surface area (Å²) in [6.07, 6.45) is 89.5. The lowest BCUT2D eigenvalue weighted by Crippen LogP contribution is -2.30. The van der Waals surface area contributed by atoms with E-state index in [-0.39, 0.29) is 31.1 Å². The van der Waals surface area contributed by atoms with Crippen molar-refractivity contribution in [2.45, 2.75) is 245 Å². The first-order valence-electron chi connectivity index (χ1n) is 30.0. The van der Waals surface area contributed by atoms with Gasteiger partial charge in [0.15, 0.2) is 6.10 Å². The summed E-state index contributed by atoms with van der Waals surface area (Å²) in [6.45, 7) is 6.23. The van der Waals surface area contributed by atoms with Crippen molar-refractivity contribution >= 4 is 17.9 Å². The molecule has 6 heteroatoms. The van der Waals surface area contributed by atoms with Crippen molar-refractivity contribution in [3.05, 3.63) is 158 Å². The minimum Gasteiger partial charge on any atom is -0.462 e. The number of esters is 3. The van der Waals surface area contributed by atoms with E-state index in [4.69, 9.17) is 14.2 Å². The molecule has 0 saturated carbocycles. The number of allylic oxidation sites excluding steroid dienone is 26. The van der Waals surface area contributed by atoms with Gasteiger partial charge >= 0.3 is 17.9 Å². The zero-order chi connectivity index (χ0) is 54.3. The van der Waals surface area contributed by atoms with Crippen LogP contribution in [0.3, 0.4) is 0 Å². The first-order chi connectivity index (χ1) is 37.0. The maximum atomic E-state index is 12.9. The van der Waals surface area contributed by atoms with Crippen molar-refractivity contribution in [3.8, 4) is 0 Å². The molecular weight excluding hydrogens is 925 g/mol. The van der Waals surface area contributed by atoms with E-state index >= 15 is 0 Å². The van der Waals surface area contributed by atoms with E-state index in [1.807, 2.05) is 0 Å². The van der Waals surface area contributed by atoms with Crippen molar-refractivity contribution < 1.29 is 28.6 Å². The van der Waals surface area contributed by atoms with Crippen molar-refractivity contribution in [1.82, 2.24) is 0 Å². The topological polar surface area (TPSA) is 78.9 Å². The van der Waals surface area contributed by atoms with Crippen molar-refractivity contribution in [2.75, 3.05) is 13.2 Å². The van der Waals surface area contributed by atoms with Crippen LogP contribution in [0, 0.1) is 0 Å². The summed E-state index contributed by atoms with van der Waals surface area (Å²) >= 11 is 0.